The number of rotatable bonds is 1. The number of carboxylic acid groups (broad SMARTS) is 1. The average molecular weight is 282 g/mol. The summed E-state index contributed by atoms with van der Waals surface area (Å²) < 4.78 is 0. The lowest BCUT2D eigenvalue weighted by Crippen LogP contribution is -2.57. The van der Waals surface area contributed by atoms with Gasteiger partial charge in [-0.1, -0.05) is 0 Å². The molecule has 5 heteroatoms. The number of piperidine rings is 2. The third kappa shape index (κ3) is 2.76. The number of aliphatic carboxylic acids is 1. The van der Waals surface area contributed by atoms with Gasteiger partial charge in [0.15, 0.2) is 0 Å². The molecule has 2 saturated heterocycles. The highest BCUT2D eigenvalue weighted by atomic mass is 16.4. The molecule has 0 radical (unpaired) electrons. The predicted octanol–water partition coefficient (Wildman–Crippen LogP) is 2.56. The first-order chi connectivity index (χ1) is 9.35. The van der Waals surface area contributed by atoms with Crippen LogP contribution in [0.1, 0.15) is 52.9 Å². The van der Waals surface area contributed by atoms with Crippen LogP contribution in [0.15, 0.2) is 0 Å². The summed E-state index contributed by atoms with van der Waals surface area (Å²) in [6.45, 7) is 6.94. The molecule has 0 aliphatic carbocycles. The maximum Gasteiger partial charge on any atom is 0.320 e. The minimum absolute atomic E-state index is 0.0249. The molecule has 0 aromatic rings. The van der Waals surface area contributed by atoms with Crippen molar-refractivity contribution in [3.8, 4) is 0 Å². The molecule has 0 spiro atoms. The molecule has 2 aliphatic rings. The lowest BCUT2D eigenvalue weighted by atomic mass is 9.82. The van der Waals surface area contributed by atoms with E-state index in [1.54, 1.807) is 11.8 Å². The van der Waals surface area contributed by atoms with E-state index in [1.165, 1.54) is 6.42 Å². The second-order valence-corrected chi connectivity index (χ2v) is 6.71. The van der Waals surface area contributed by atoms with Crippen molar-refractivity contribution in [2.75, 3.05) is 13.1 Å². The van der Waals surface area contributed by atoms with Crippen LogP contribution < -0.4 is 0 Å². The van der Waals surface area contributed by atoms with Crippen molar-refractivity contribution in [3.05, 3.63) is 0 Å². The Balaban J connectivity index is 2.10. The Hall–Kier alpha value is -1.26. The molecule has 114 valence electrons. The van der Waals surface area contributed by atoms with Crippen molar-refractivity contribution in [1.82, 2.24) is 9.80 Å². The molecule has 2 fully saturated rings. The fourth-order valence-electron chi connectivity index (χ4n) is 3.54. The normalized spacial score (nSPS) is 35.0. The summed E-state index contributed by atoms with van der Waals surface area (Å²) in [7, 11) is 0. The van der Waals surface area contributed by atoms with Gasteiger partial charge in [0.2, 0.25) is 0 Å². The molecule has 2 amide bonds. The number of carbonyl (C=O) groups is 2. The first-order valence-electron chi connectivity index (χ1n) is 7.66. The molecule has 0 bridgehead atoms. The number of hydrogen-bond donors (Lipinski definition) is 1. The van der Waals surface area contributed by atoms with Crippen molar-refractivity contribution in [1.29, 1.82) is 0 Å². The number of likely N-dealkylation sites (tertiary alicyclic amines) is 2. The molecule has 20 heavy (non-hydrogen) atoms. The molecule has 3 unspecified atom stereocenters. The van der Waals surface area contributed by atoms with Crippen molar-refractivity contribution in [2.24, 2.45) is 5.41 Å². The molecular weight excluding hydrogens is 256 g/mol. The van der Waals surface area contributed by atoms with Crippen LogP contribution in [0, 0.1) is 5.41 Å². The predicted molar refractivity (Wildman–Crippen MR) is 76.6 cm³/mol. The number of hydrogen-bond acceptors (Lipinski definition) is 2. The lowest BCUT2D eigenvalue weighted by Gasteiger charge is -2.45. The summed E-state index contributed by atoms with van der Waals surface area (Å²) >= 11 is 0. The summed E-state index contributed by atoms with van der Waals surface area (Å²) in [6.07, 6.45) is 4.67. The van der Waals surface area contributed by atoms with E-state index in [0.717, 1.165) is 19.3 Å². The molecule has 2 heterocycles. The van der Waals surface area contributed by atoms with Gasteiger partial charge < -0.3 is 14.9 Å². The van der Waals surface area contributed by atoms with E-state index >= 15 is 0 Å². The zero-order chi connectivity index (χ0) is 14.9. The zero-order valence-corrected chi connectivity index (χ0v) is 12.8. The maximum atomic E-state index is 12.7. The van der Waals surface area contributed by atoms with E-state index in [9.17, 15) is 14.7 Å². The van der Waals surface area contributed by atoms with E-state index in [0.29, 0.717) is 19.5 Å². The quantitative estimate of drug-likeness (QED) is 0.804. The van der Waals surface area contributed by atoms with Gasteiger partial charge in [-0.2, -0.15) is 0 Å². The lowest BCUT2D eigenvalue weighted by molar-refractivity contribution is -0.150. The molecule has 5 nitrogen and oxygen atoms in total. The van der Waals surface area contributed by atoms with Crippen LogP contribution in [0.2, 0.25) is 0 Å². The summed E-state index contributed by atoms with van der Waals surface area (Å²) in [5.74, 6) is -0.797. The number of carboxylic acids is 1. The van der Waals surface area contributed by atoms with E-state index in [-0.39, 0.29) is 18.1 Å². The maximum absolute atomic E-state index is 12.7. The van der Waals surface area contributed by atoms with Crippen molar-refractivity contribution in [3.63, 3.8) is 0 Å². The van der Waals surface area contributed by atoms with Crippen LogP contribution >= 0.6 is 0 Å². The van der Waals surface area contributed by atoms with Gasteiger partial charge in [-0.3, -0.25) is 4.79 Å². The molecule has 2 rings (SSSR count). The summed E-state index contributed by atoms with van der Waals surface area (Å²) in [6, 6.07) is 0.533. The van der Waals surface area contributed by atoms with Gasteiger partial charge >= 0.3 is 12.0 Å². The topological polar surface area (TPSA) is 60.9 Å². The van der Waals surface area contributed by atoms with Crippen LogP contribution in [0.4, 0.5) is 4.79 Å². The first kappa shape index (κ1) is 15.1. The van der Waals surface area contributed by atoms with Gasteiger partial charge in [-0.25, -0.2) is 4.79 Å². The van der Waals surface area contributed by atoms with Crippen LogP contribution in [0.25, 0.3) is 0 Å². The molecule has 1 N–H and O–H groups in total. The van der Waals surface area contributed by atoms with Crippen LogP contribution in [-0.4, -0.2) is 52.1 Å². The van der Waals surface area contributed by atoms with E-state index < -0.39 is 11.4 Å². The number of amides is 2. The summed E-state index contributed by atoms with van der Waals surface area (Å²) in [4.78, 5) is 27.8. The monoisotopic (exact) mass is 282 g/mol. The fraction of sp³-hybridized carbons (Fsp3) is 0.867. The Morgan fingerprint density at radius 3 is 2.30 bits per heavy atom. The van der Waals surface area contributed by atoms with E-state index in [2.05, 4.69) is 13.8 Å². The minimum atomic E-state index is -0.797. The SMILES string of the molecule is CC1CCCC(C)N1C(=O)N1CCCC(C)(C(=O)O)C1. The van der Waals surface area contributed by atoms with Crippen molar-refractivity contribution >= 4 is 12.0 Å². The number of nitrogens with zero attached hydrogens (tertiary/aromatic N) is 2. The second-order valence-electron chi connectivity index (χ2n) is 6.71. The largest absolute Gasteiger partial charge is 0.481 e. The highest BCUT2D eigenvalue weighted by molar-refractivity contribution is 5.79. The highest BCUT2D eigenvalue weighted by Gasteiger charge is 2.41. The van der Waals surface area contributed by atoms with Gasteiger partial charge in [0.05, 0.1) is 5.41 Å². The summed E-state index contributed by atoms with van der Waals surface area (Å²) in [5.41, 5.74) is -0.795. The third-order valence-electron chi connectivity index (χ3n) is 4.90. The molecule has 0 aromatic carbocycles. The number of carbonyl (C=O) groups excluding carboxylic acids is 1. The Labute approximate surface area is 120 Å². The van der Waals surface area contributed by atoms with E-state index in [1.807, 2.05) is 4.90 Å². The molecule has 3 atom stereocenters. The van der Waals surface area contributed by atoms with Crippen molar-refractivity contribution < 1.29 is 14.7 Å². The molecular formula is C15H26N2O3. The average Bonchev–Trinajstić information content (AvgIpc) is 2.38. The number of urea groups is 1. The Bertz CT molecular complexity index is 389. The molecule has 0 aromatic heterocycles. The smallest absolute Gasteiger partial charge is 0.320 e. The van der Waals surface area contributed by atoms with Crippen molar-refractivity contribution in [2.45, 2.75) is 65.0 Å². The standard InChI is InChI=1S/C15H26N2O3/c1-11-6-4-7-12(2)17(11)14(20)16-9-5-8-15(3,10-16)13(18)19/h11-12H,4-10H2,1-3H3,(H,18,19). The van der Waals surface area contributed by atoms with Gasteiger partial charge in [0.1, 0.15) is 0 Å². The fourth-order valence-corrected chi connectivity index (χ4v) is 3.54. The van der Waals surface area contributed by atoms with Gasteiger partial charge in [0.25, 0.3) is 0 Å². The highest BCUT2D eigenvalue weighted by Crippen LogP contribution is 2.32. The second kappa shape index (κ2) is 5.62. The Morgan fingerprint density at radius 1 is 1.15 bits per heavy atom. The van der Waals surface area contributed by atoms with Gasteiger partial charge in [-0.15, -0.1) is 0 Å². The molecule has 0 saturated carbocycles. The van der Waals surface area contributed by atoms with Crippen LogP contribution in [0.3, 0.4) is 0 Å². The zero-order valence-electron chi connectivity index (χ0n) is 12.8. The molecule has 2 aliphatic heterocycles. The summed E-state index contributed by atoms with van der Waals surface area (Å²) in [5, 5.41) is 9.36. The minimum Gasteiger partial charge on any atom is -0.481 e. The van der Waals surface area contributed by atoms with Gasteiger partial charge in [0, 0.05) is 25.2 Å². The first-order valence-corrected chi connectivity index (χ1v) is 7.66. The van der Waals surface area contributed by atoms with Crippen LogP contribution in [0.5, 0.6) is 0 Å². The Morgan fingerprint density at radius 2 is 1.75 bits per heavy atom. The third-order valence-corrected chi connectivity index (χ3v) is 4.90. The Kier molecular flexibility index (Phi) is 4.25. The van der Waals surface area contributed by atoms with Gasteiger partial charge in [-0.05, 0) is 52.9 Å². The van der Waals surface area contributed by atoms with Crippen LogP contribution in [-0.2, 0) is 4.79 Å². The van der Waals surface area contributed by atoms with E-state index in [4.69, 9.17) is 0 Å².